The van der Waals surface area contributed by atoms with Gasteiger partial charge in [-0.15, -0.1) is 0 Å². The molecule has 0 aromatic heterocycles. The number of halogens is 6. The molecule has 0 atom stereocenters. The molecule has 9 heteroatoms. The zero-order valence-electron chi connectivity index (χ0n) is 16.9. The molecular formula is C24H19F6PS2. The number of hydrogen-bond acceptors (Lipinski definition) is 1. The summed E-state index contributed by atoms with van der Waals surface area (Å²) in [7, 11) is -10.7. The third-order valence-corrected chi connectivity index (χ3v) is 6.09. The van der Waals surface area contributed by atoms with E-state index < -0.39 is 7.81 Å². The van der Waals surface area contributed by atoms with Crippen LogP contribution in [-0.2, 0) is 12.6 Å². The second-order valence-electron chi connectivity index (χ2n) is 7.00. The molecule has 0 aliphatic heterocycles. The van der Waals surface area contributed by atoms with Gasteiger partial charge in [0, 0.05) is 10.5 Å². The predicted octanol–water partition coefficient (Wildman–Crippen LogP) is 9.92. The first-order chi connectivity index (χ1) is 15.3. The first-order valence-corrected chi connectivity index (χ1v) is 12.9. The van der Waals surface area contributed by atoms with Crippen molar-refractivity contribution in [1.82, 2.24) is 0 Å². The Labute approximate surface area is 197 Å². The van der Waals surface area contributed by atoms with Crippen molar-refractivity contribution in [3.8, 4) is 22.3 Å². The van der Waals surface area contributed by atoms with Gasteiger partial charge in [-0.05, 0) is 53.6 Å². The maximum atomic E-state index is 9.87. The van der Waals surface area contributed by atoms with Crippen molar-refractivity contribution in [2.24, 2.45) is 0 Å². The van der Waals surface area contributed by atoms with E-state index in [1.54, 1.807) is 11.8 Å². The fourth-order valence-electron chi connectivity index (χ4n) is 2.95. The molecule has 4 aromatic rings. The first kappa shape index (κ1) is 25.2. The molecule has 4 rings (SSSR count). The molecule has 0 unspecified atom stereocenters. The summed E-state index contributed by atoms with van der Waals surface area (Å²) < 4.78 is 59.2. The Morgan fingerprint density at radius 1 is 0.515 bits per heavy atom. The van der Waals surface area contributed by atoms with Crippen molar-refractivity contribution in [2.75, 3.05) is 0 Å². The van der Waals surface area contributed by atoms with Crippen molar-refractivity contribution in [2.45, 2.75) is 14.7 Å². The number of benzene rings is 4. The molecule has 0 aliphatic rings. The minimum atomic E-state index is -10.7. The normalized spacial score (nSPS) is 13.3. The van der Waals surface area contributed by atoms with Crippen LogP contribution in [-0.4, -0.2) is 0 Å². The van der Waals surface area contributed by atoms with Crippen LogP contribution >= 0.6 is 19.6 Å². The summed E-state index contributed by atoms with van der Waals surface area (Å²) in [4.78, 5) is 3.58. The number of rotatable bonds is 4. The Morgan fingerprint density at radius 2 is 0.970 bits per heavy atom. The van der Waals surface area contributed by atoms with Gasteiger partial charge < -0.3 is 0 Å². The summed E-state index contributed by atoms with van der Waals surface area (Å²) in [5.41, 5.74) is 4.93. The molecule has 0 saturated heterocycles. The van der Waals surface area contributed by atoms with E-state index in [0.717, 1.165) is 4.90 Å². The van der Waals surface area contributed by atoms with Crippen LogP contribution < -0.4 is 0 Å². The standard InChI is InChI=1S/C24H18S2.F6P/c25-24-22(20-10-5-2-6-11-20)12-7-13-23(24)26-21-16-14-19(15-17-21)18-8-3-1-4-9-18;1-7(2,3,4,5)6/h1-17,25H;/q;-1/p+1. The smallest absolute Gasteiger partial charge is 0.0848 e. The van der Waals surface area contributed by atoms with Crippen LogP contribution in [0.3, 0.4) is 0 Å². The van der Waals surface area contributed by atoms with Gasteiger partial charge >= 0.3 is 33.0 Å². The topological polar surface area (TPSA) is 0 Å². The van der Waals surface area contributed by atoms with Crippen LogP contribution in [0, 0.1) is 0 Å². The molecule has 0 fully saturated rings. The van der Waals surface area contributed by atoms with Crippen molar-refractivity contribution in [3.05, 3.63) is 103 Å². The van der Waals surface area contributed by atoms with Gasteiger partial charge in [-0.25, -0.2) is 0 Å². The molecule has 4 aromatic carbocycles. The van der Waals surface area contributed by atoms with Crippen LogP contribution in [0.15, 0.2) is 118 Å². The van der Waals surface area contributed by atoms with Crippen molar-refractivity contribution >= 4 is 32.2 Å². The van der Waals surface area contributed by atoms with E-state index in [1.807, 2.05) is 12.1 Å². The van der Waals surface area contributed by atoms with Gasteiger partial charge in [-0.1, -0.05) is 90.6 Å². The van der Waals surface area contributed by atoms with Gasteiger partial charge in [-0.3, -0.25) is 0 Å². The third-order valence-electron chi connectivity index (χ3n) is 4.30. The second kappa shape index (κ2) is 9.09. The summed E-state index contributed by atoms with van der Waals surface area (Å²) in [5.74, 6) is 0. The fraction of sp³-hybridized carbons (Fsp3) is 0. The summed E-state index contributed by atoms with van der Waals surface area (Å²) in [5, 5.41) is 0. The van der Waals surface area contributed by atoms with Crippen LogP contribution in [0.4, 0.5) is 25.2 Å². The van der Waals surface area contributed by atoms with E-state index in [2.05, 4.69) is 104 Å². The van der Waals surface area contributed by atoms with Gasteiger partial charge in [-0.2, -0.15) is 0 Å². The zero-order valence-corrected chi connectivity index (χ0v) is 19.6. The molecule has 0 aliphatic carbocycles. The average molecular weight is 517 g/mol. The van der Waals surface area contributed by atoms with Gasteiger partial charge in [0.15, 0.2) is 4.90 Å². The molecule has 174 valence electrons. The molecule has 0 amide bonds. The molecule has 0 saturated carbocycles. The molecule has 0 N–H and O–H groups in total. The van der Waals surface area contributed by atoms with Crippen molar-refractivity contribution < 1.29 is 25.2 Å². The van der Waals surface area contributed by atoms with Crippen LogP contribution in [0.1, 0.15) is 0 Å². The van der Waals surface area contributed by atoms with E-state index >= 15 is 0 Å². The maximum absolute atomic E-state index is 10.7. The van der Waals surface area contributed by atoms with Gasteiger partial charge in [0.05, 0.1) is 4.90 Å². The molecule has 33 heavy (non-hydrogen) atoms. The summed E-state index contributed by atoms with van der Waals surface area (Å²) in [6, 6.07) is 36.1. The predicted molar refractivity (Wildman–Crippen MR) is 130 cm³/mol. The van der Waals surface area contributed by atoms with Gasteiger partial charge in [0.1, 0.15) is 0 Å². The average Bonchev–Trinajstić information content (AvgIpc) is 2.75. The Hall–Kier alpha value is -2.41. The SMILES string of the molecule is F[P-](F)(F)(F)(F)F.[SH2+]c1c(Sc2ccc(-c3ccccc3)cc2)cccc1-c1ccccc1. The maximum Gasteiger partial charge on any atom is 0.172 e. The Balaban J connectivity index is 0.000000383. The van der Waals surface area contributed by atoms with E-state index in [4.69, 9.17) is 0 Å². The summed E-state index contributed by atoms with van der Waals surface area (Å²) >= 11 is 5.64. The fourth-order valence-corrected chi connectivity index (χ4v) is 4.30. The summed E-state index contributed by atoms with van der Waals surface area (Å²) in [6.07, 6.45) is 0. The second-order valence-corrected chi connectivity index (χ2v) is 10.5. The van der Waals surface area contributed by atoms with Gasteiger partial charge in [0.2, 0.25) is 0 Å². The van der Waals surface area contributed by atoms with E-state index in [9.17, 15) is 25.2 Å². The monoisotopic (exact) mass is 516 g/mol. The largest absolute Gasteiger partial charge is 0.172 e. The number of hydrogen-bond donors (Lipinski definition) is 0. The minimum absolute atomic E-state index is 1.14. The van der Waals surface area contributed by atoms with Gasteiger partial charge in [0.25, 0.3) is 0 Å². The molecule has 0 heterocycles. The minimum Gasteiger partial charge on any atom is -0.0848 e. The Morgan fingerprint density at radius 3 is 1.48 bits per heavy atom. The van der Waals surface area contributed by atoms with Crippen LogP contribution in [0.25, 0.3) is 22.3 Å². The zero-order chi connectivity index (χ0) is 24.2. The molecule has 0 nitrogen and oxygen atoms in total. The van der Waals surface area contributed by atoms with Crippen LogP contribution in [0.5, 0.6) is 0 Å². The van der Waals surface area contributed by atoms with E-state index in [-0.39, 0.29) is 0 Å². The van der Waals surface area contributed by atoms with E-state index in [1.165, 1.54) is 32.0 Å². The Bertz CT molecular complexity index is 1200. The Kier molecular flexibility index (Phi) is 6.94. The van der Waals surface area contributed by atoms with Crippen molar-refractivity contribution in [3.63, 3.8) is 0 Å². The molecule has 0 bridgehead atoms. The third kappa shape index (κ3) is 9.16. The van der Waals surface area contributed by atoms with Crippen molar-refractivity contribution in [1.29, 1.82) is 0 Å². The van der Waals surface area contributed by atoms with E-state index in [0.29, 0.717) is 0 Å². The quantitative estimate of drug-likeness (QED) is 0.148. The molecule has 0 radical (unpaired) electrons. The van der Waals surface area contributed by atoms with Crippen LogP contribution in [0.2, 0.25) is 0 Å². The molecular weight excluding hydrogens is 497 g/mol. The summed E-state index contributed by atoms with van der Waals surface area (Å²) in [6.45, 7) is 0. The first-order valence-electron chi connectivity index (χ1n) is 9.56. The molecule has 0 spiro atoms.